The molecule has 0 saturated carbocycles. The van der Waals surface area contributed by atoms with Crippen LogP contribution in [-0.4, -0.2) is 63.8 Å². The third-order valence-corrected chi connectivity index (χ3v) is 8.75. The van der Waals surface area contributed by atoms with Gasteiger partial charge in [-0.3, -0.25) is 28.8 Å². The number of phenols is 1. The fraction of sp³-hybridized carbons (Fsp3) is 0.136. The van der Waals surface area contributed by atoms with Gasteiger partial charge >= 0.3 is 5.97 Å². The number of carbonyl (C=O) groups is 7. The minimum atomic E-state index is -1.37. The molecule has 1 atom stereocenters. The second-order valence-corrected chi connectivity index (χ2v) is 13.6. The van der Waals surface area contributed by atoms with Crippen molar-refractivity contribution in [1.29, 1.82) is 5.26 Å². The van der Waals surface area contributed by atoms with Gasteiger partial charge in [-0.05, 0) is 116 Å². The van der Waals surface area contributed by atoms with E-state index in [0.717, 1.165) is 0 Å². The number of anilines is 3. The van der Waals surface area contributed by atoms with Gasteiger partial charge in [0, 0.05) is 34.6 Å². The molecule has 9 N–H and O–H groups in total. The summed E-state index contributed by atoms with van der Waals surface area (Å²) < 4.78 is 5.77. The molecule has 0 unspecified atom stereocenters. The van der Waals surface area contributed by atoms with Gasteiger partial charge in [0.2, 0.25) is 11.8 Å². The maximum Gasteiger partial charge on any atom is 0.335 e. The number of primary amides is 1. The van der Waals surface area contributed by atoms with Crippen molar-refractivity contribution in [3.05, 3.63) is 148 Å². The SMILES string of the molecule is CC(C)Oc1c(NC(=O)c2ccc(NC(=O)[C@H](CC(N)=O)NC(=O)c3ccc(CNC(=O)c4ccc(C#N)cc4)cc3)cc2)ccc(C(=O)Nc2ccc(C(=O)O)cc2)c1O. The number of nitriles is 1. The zero-order valence-electron chi connectivity index (χ0n) is 32.6. The number of carbonyl (C=O) groups excluding carboxylic acids is 6. The van der Waals surface area contributed by atoms with Crippen molar-refractivity contribution in [3.63, 3.8) is 0 Å². The molecule has 0 saturated heterocycles. The quantitative estimate of drug-likeness (QED) is 0.0669. The van der Waals surface area contributed by atoms with Gasteiger partial charge in [0.1, 0.15) is 6.04 Å². The van der Waals surface area contributed by atoms with Gasteiger partial charge in [0.25, 0.3) is 23.6 Å². The molecule has 61 heavy (non-hydrogen) atoms. The minimum Gasteiger partial charge on any atom is -0.504 e. The van der Waals surface area contributed by atoms with Crippen LogP contribution in [0.3, 0.4) is 0 Å². The van der Waals surface area contributed by atoms with Crippen LogP contribution in [0.15, 0.2) is 109 Å². The molecule has 0 aliphatic heterocycles. The lowest BCUT2D eigenvalue weighted by Gasteiger charge is -2.19. The van der Waals surface area contributed by atoms with Crippen molar-refractivity contribution in [3.8, 4) is 17.6 Å². The Morgan fingerprint density at radius 3 is 1.79 bits per heavy atom. The Kier molecular flexibility index (Phi) is 14.1. The number of aromatic carboxylic acids is 1. The summed E-state index contributed by atoms with van der Waals surface area (Å²) >= 11 is 0. The predicted molar refractivity (Wildman–Crippen MR) is 222 cm³/mol. The largest absolute Gasteiger partial charge is 0.504 e. The number of hydrogen-bond donors (Lipinski definition) is 8. The first-order valence-corrected chi connectivity index (χ1v) is 18.5. The number of nitrogens with two attached hydrogens (primary N) is 1. The van der Waals surface area contributed by atoms with E-state index in [1.54, 1.807) is 26.0 Å². The molecule has 310 valence electrons. The van der Waals surface area contributed by atoms with Gasteiger partial charge in [-0.15, -0.1) is 0 Å². The molecule has 0 fully saturated rings. The van der Waals surface area contributed by atoms with E-state index in [9.17, 15) is 38.7 Å². The summed E-state index contributed by atoms with van der Waals surface area (Å²) in [5.74, 6) is -5.87. The van der Waals surface area contributed by atoms with Crippen LogP contribution in [0.5, 0.6) is 11.5 Å². The van der Waals surface area contributed by atoms with E-state index >= 15 is 0 Å². The molecular weight excluding hydrogens is 787 g/mol. The number of benzene rings is 5. The number of nitrogens with zero attached hydrogens (tertiary/aromatic N) is 1. The average molecular weight is 826 g/mol. The summed E-state index contributed by atoms with van der Waals surface area (Å²) in [7, 11) is 0. The van der Waals surface area contributed by atoms with E-state index in [2.05, 4.69) is 26.6 Å². The number of phenolic OH excluding ortho intramolecular Hbond substituents is 1. The molecule has 17 nitrogen and oxygen atoms in total. The van der Waals surface area contributed by atoms with Crippen LogP contribution in [0.1, 0.15) is 83.2 Å². The van der Waals surface area contributed by atoms with E-state index in [1.165, 1.54) is 97.1 Å². The van der Waals surface area contributed by atoms with Crippen LogP contribution in [0, 0.1) is 11.3 Å². The molecule has 0 radical (unpaired) electrons. The summed E-state index contributed by atoms with van der Waals surface area (Å²) in [5, 5.41) is 42.2. The fourth-order valence-electron chi connectivity index (χ4n) is 5.64. The monoisotopic (exact) mass is 825 g/mol. The van der Waals surface area contributed by atoms with E-state index in [1.807, 2.05) is 6.07 Å². The van der Waals surface area contributed by atoms with Crippen molar-refractivity contribution in [2.45, 2.75) is 39.0 Å². The molecule has 0 heterocycles. The Labute approximate surface area is 348 Å². The highest BCUT2D eigenvalue weighted by Gasteiger charge is 2.25. The van der Waals surface area contributed by atoms with E-state index in [-0.39, 0.29) is 57.5 Å². The van der Waals surface area contributed by atoms with Crippen LogP contribution in [0.25, 0.3) is 0 Å². The number of carboxylic acids is 1. The molecule has 0 bridgehead atoms. The van der Waals surface area contributed by atoms with Crippen LogP contribution in [0.2, 0.25) is 0 Å². The lowest BCUT2D eigenvalue weighted by atomic mass is 10.1. The van der Waals surface area contributed by atoms with Crippen molar-refractivity contribution in [2.75, 3.05) is 16.0 Å². The second kappa shape index (κ2) is 19.8. The molecule has 0 aromatic heterocycles. The Balaban J connectivity index is 1.19. The Morgan fingerprint density at radius 1 is 0.672 bits per heavy atom. The maximum atomic E-state index is 13.3. The number of rotatable bonds is 16. The number of carboxylic acid groups (broad SMARTS) is 1. The van der Waals surface area contributed by atoms with E-state index < -0.39 is 59.8 Å². The number of ether oxygens (including phenoxy) is 1. The first-order chi connectivity index (χ1) is 29.1. The number of aromatic hydroxyl groups is 1. The number of nitrogens with one attached hydrogen (secondary N) is 5. The predicted octanol–water partition coefficient (Wildman–Crippen LogP) is 4.80. The Hall–Kier alpha value is -8.52. The van der Waals surface area contributed by atoms with Crippen LogP contribution in [-0.2, 0) is 16.1 Å². The topological polar surface area (TPSA) is 279 Å². The highest BCUT2D eigenvalue weighted by molar-refractivity contribution is 6.10. The Morgan fingerprint density at radius 2 is 1.21 bits per heavy atom. The van der Waals surface area contributed by atoms with Crippen LogP contribution >= 0.6 is 0 Å². The van der Waals surface area contributed by atoms with E-state index in [4.69, 9.17) is 20.8 Å². The zero-order valence-corrected chi connectivity index (χ0v) is 32.6. The van der Waals surface area contributed by atoms with Crippen molar-refractivity contribution in [2.24, 2.45) is 5.73 Å². The van der Waals surface area contributed by atoms with Gasteiger partial charge in [0.15, 0.2) is 11.5 Å². The highest BCUT2D eigenvalue weighted by atomic mass is 16.5. The molecule has 6 amide bonds. The molecule has 5 aromatic rings. The van der Waals surface area contributed by atoms with Crippen molar-refractivity contribution >= 4 is 58.5 Å². The molecule has 0 aliphatic carbocycles. The minimum absolute atomic E-state index is 0.0210. The zero-order chi connectivity index (χ0) is 44.2. The highest BCUT2D eigenvalue weighted by Crippen LogP contribution is 2.39. The van der Waals surface area contributed by atoms with Crippen molar-refractivity contribution in [1.82, 2.24) is 10.6 Å². The lowest BCUT2D eigenvalue weighted by molar-refractivity contribution is -0.123. The average Bonchev–Trinajstić information content (AvgIpc) is 3.24. The van der Waals surface area contributed by atoms with Gasteiger partial charge in [-0.2, -0.15) is 5.26 Å². The molecular formula is C44H39N7O10. The maximum absolute atomic E-state index is 13.3. The van der Waals surface area contributed by atoms with Gasteiger partial charge in [-0.1, -0.05) is 12.1 Å². The lowest BCUT2D eigenvalue weighted by Crippen LogP contribution is -2.46. The third-order valence-electron chi connectivity index (χ3n) is 8.75. The van der Waals surface area contributed by atoms with Crippen molar-refractivity contribution < 1.29 is 48.5 Å². The van der Waals surface area contributed by atoms with Gasteiger partial charge in [0.05, 0.1) is 41.0 Å². The molecule has 5 rings (SSSR count). The summed E-state index contributed by atoms with van der Waals surface area (Å²) in [6, 6.07) is 26.6. The fourth-order valence-corrected chi connectivity index (χ4v) is 5.64. The molecule has 5 aromatic carbocycles. The summed E-state index contributed by atoms with van der Waals surface area (Å²) in [5.41, 5.74) is 7.51. The summed E-state index contributed by atoms with van der Waals surface area (Å²) in [6.45, 7) is 3.51. The molecule has 0 aliphatic rings. The second-order valence-electron chi connectivity index (χ2n) is 13.6. The van der Waals surface area contributed by atoms with Gasteiger partial charge < -0.3 is 47.3 Å². The molecule has 0 spiro atoms. The number of amides is 6. The first-order valence-electron chi connectivity index (χ1n) is 18.5. The standard InChI is InChI=1S/C44H39N7O10/c1-24(2)61-38-34(20-19-33(37(38)53)42(57)48-31-17-13-30(14-18-31)44(59)60)50-40(55)29-11-15-32(16-12-29)49-43(58)35(21-36(46)52)51-41(56)28-9-5-26(6-10-28)23-47-39(54)27-7-3-25(22-45)4-8-27/h3-20,24,35,53H,21,23H2,1-2H3,(H2,46,52)(H,47,54)(H,48,57)(H,49,58)(H,50,55)(H,51,56)(H,59,60)/t35-/m0/s1. The number of hydrogen-bond acceptors (Lipinski definition) is 10. The summed E-state index contributed by atoms with van der Waals surface area (Å²) in [4.78, 5) is 88.2. The van der Waals surface area contributed by atoms with Crippen LogP contribution in [0.4, 0.5) is 17.1 Å². The third kappa shape index (κ3) is 11.8. The van der Waals surface area contributed by atoms with Crippen LogP contribution < -0.4 is 37.1 Å². The molecule has 17 heteroatoms. The van der Waals surface area contributed by atoms with E-state index in [0.29, 0.717) is 16.7 Å². The summed E-state index contributed by atoms with van der Waals surface area (Å²) in [6.07, 6.45) is -1.01. The van der Waals surface area contributed by atoms with Gasteiger partial charge in [-0.25, -0.2) is 4.79 Å². The first kappa shape index (κ1) is 43.6. The normalized spacial score (nSPS) is 11.0. The smallest absolute Gasteiger partial charge is 0.335 e. The Bertz CT molecular complexity index is 2520.